The summed E-state index contributed by atoms with van der Waals surface area (Å²) >= 11 is 0. The van der Waals surface area contributed by atoms with Crippen molar-refractivity contribution in [1.82, 2.24) is 4.98 Å². The molecule has 3 heteroatoms. The molecule has 2 unspecified atom stereocenters. The van der Waals surface area contributed by atoms with E-state index in [-0.39, 0.29) is 5.78 Å². The molecule has 0 spiro atoms. The van der Waals surface area contributed by atoms with E-state index in [1.807, 2.05) is 68.6 Å². The molecular formula is C29H37NO2. The fourth-order valence-electron chi connectivity index (χ4n) is 3.68. The van der Waals surface area contributed by atoms with Crippen molar-refractivity contribution in [2.24, 2.45) is 17.8 Å². The number of Topliss-reactive ketones (excluding diaryl/α,β-unsaturated/α-hetero) is 1. The van der Waals surface area contributed by atoms with E-state index in [0.29, 0.717) is 17.9 Å². The molecule has 0 bridgehead atoms. The normalized spacial score (nSPS) is 18.8. The first-order valence-corrected chi connectivity index (χ1v) is 11.4. The Morgan fingerprint density at radius 3 is 2.09 bits per heavy atom. The maximum absolute atomic E-state index is 11.5. The zero-order valence-electron chi connectivity index (χ0n) is 20.3. The van der Waals surface area contributed by atoms with Gasteiger partial charge in [0.25, 0.3) is 0 Å². The summed E-state index contributed by atoms with van der Waals surface area (Å²) in [5, 5.41) is 0. The number of rotatable bonds is 4. The molecule has 3 nitrogen and oxygen atoms in total. The lowest BCUT2D eigenvalue weighted by Crippen LogP contribution is -2.29. The highest BCUT2D eigenvalue weighted by Gasteiger charge is 2.29. The highest BCUT2D eigenvalue weighted by Crippen LogP contribution is 2.38. The van der Waals surface area contributed by atoms with Gasteiger partial charge in [-0.1, -0.05) is 68.8 Å². The Morgan fingerprint density at radius 1 is 0.938 bits per heavy atom. The molecule has 0 radical (unpaired) electrons. The van der Waals surface area contributed by atoms with Crippen LogP contribution in [0.3, 0.4) is 0 Å². The number of pyridine rings is 1. The monoisotopic (exact) mass is 431 g/mol. The zero-order valence-corrected chi connectivity index (χ0v) is 20.3. The van der Waals surface area contributed by atoms with Crippen molar-refractivity contribution in [3.63, 3.8) is 0 Å². The van der Waals surface area contributed by atoms with Crippen molar-refractivity contribution >= 4 is 5.78 Å². The van der Waals surface area contributed by atoms with Gasteiger partial charge in [0.1, 0.15) is 12.4 Å². The van der Waals surface area contributed by atoms with Crippen molar-refractivity contribution < 1.29 is 9.53 Å². The third kappa shape index (κ3) is 8.30. The maximum atomic E-state index is 11.5. The molecule has 1 aliphatic carbocycles. The first-order chi connectivity index (χ1) is 15.3. The van der Waals surface area contributed by atoms with Crippen LogP contribution in [0.15, 0.2) is 73.1 Å². The van der Waals surface area contributed by atoms with Gasteiger partial charge in [0.15, 0.2) is 5.78 Å². The predicted molar refractivity (Wildman–Crippen MR) is 133 cm³/mol. The first-order valence-electron chi connectivity index (χ1n) is 11.4. The lowest BCUT2D eigenvalue weighted by molar-refractivity contribution is 0.101. The van der Waals surface area contributed by atoms with Crippen LogP contribution in [0.5, 0.6) is 5.75 Å². The van der Waals surface area contributed by atoms with Crippen LogP contribution in [0.4, 0.5) is 0 Å². The number of benzene rings is 2. The molecule has 2 atom stereocenters. The number of hydrogen-bond acceptors (Lipinski definition) is 3. The summed E-state index contributed by atoms with van der Waals surface area (Å²) in [6.07, 6.45) is 5.06. The second-order valence-corrected chi connectivity index (χ2v) is 8.91. The van der Waals surface area contributed by atoms with Crippen LogP contribution in [0.25, 0.3) is 0 Å². The molecule has 3 aromatic rings. The van der Waals surface area contributed by atoms with Crippen LogP contribution in [0.2, 0.25) is 0 Å². The van der Waals surface area contributed by atoms with E-state index < -0.39 is 0 Å². The molecule has 0 N–H and O–H groups in total. The van der Waals surface area contributed by atoms with Gasteiger partial charge in [0.05, 0.1) is 5.56 Å². The Labute approximate surface area is 193 Å². The number of aryl methyl sites for hydroxylation is 2. The highest BCUT2D eigenvalue weighted by atomic mass is 16.5. The Morgan fingerprint density at radius 2 is 1.62 bits per heavy atom. The van der Waals surface area contributed by atoms with E-state index in [4.69, 9.17) is 4.74 Å². The Balaban J connectivity index is 0.000000211. The minimum atomic E-state index is 0.0230. The summed E-state index contributed by atoms with van der Waals surface area (Å²) in [4.78, 5) is 15.3. The fourth-order valence-corrected chi connectivity index (χ4v) is 3.68. The van der Waals surface area contributed by atoms with Crippen molar-refractivity contribution in [2.45, 2.75) is 54.6 Å². The number of ether oxygens (including phenoxy) is 1. The van der Waals surface area contributed by atoms with Gasteiger partial charge in [-0.2, -0.15) is 0 Å². The first kappa shape index (κ1) is 25.3. The van der Waals surface area contributed by atoms with Gasteiger partial charge >= 0.3 is 0 Å². The molecule has 170 valence electrons. The summed E-state index contributed by atoms with van der Waals surface area (Å²) in [6.45, 7) is 13.1. The van der Waals surface area contributed by atoms with Crippen molar-refractivity contribution in [3.05, 3.63) is 95.3 Å². The number of nitrogens with zero attached hydrogens (tertiary/aromatic N) is 1. The zero-order chi connectivity index (χ0) is 23.5. The Kier molecular flexibility index (Phi) is 10.1. The van der Waals surface area contributed by atoms with Crippen molar-refractivity contribution in [3.8, 4) is 5.75 Å². The topological polar surface area (TPSA) is 39.2 Å². The van der Waals surface area contributed by atoms with Crippen LogP contribution < -0.4 is 4.74 Å². The number of para-hydroxylation sites is 1. The summed E-state index contributed by atoms with van der Waals surface area (Å²) in [6, 6.07) is 19.4. The molecule has 1 heterocycles. The van der Waals surface area contributed by atoms with Gasteiger partial charge in [-0.3, -0.25) is 9.78 Å². The molecule has 1 fully saturated rings. The second-order valence-electron chi connectivity index (χ2n) is 8.91. The third-order valence-electron chi connectivity index (χ3n) is 6.09. The summed E-state index contributed by atoms with van der Waals surface area (Å²) in [5.74, 6) is 3.69. The molecular weight excluding hydrogens is 394 g/mol. The predicted octanol–water partition coefficient (Wildman–Crippen LogP) is 7.47. The highest BCUT2D eigenvalue weighted by molar-refractivity contribution is 5.96. The van der Waals surface area contributed by atoms with E-state index in [1.54, 1.807) is 19.2 Å². The van der Waals surface area contributed by atoms with E-state index in [2.05, 4.69) is 31.8 Å². The lowest BCUT2D eigenvalue weighted by atomic mass is 9.68. The van der Waals surface area contributed by atoms with E-state index in [9.17, 15) is 4.79 Å². The van der Waals surface area contributed by atoms with Gasteiger partial charge in [-0.15, -0.1) is 0 Å². The number of hydrogen-bond donors (Lipinski definition) is 0. The molecule has 1 saturated carbocycles. The van der Waals surface area contributed by atoms with Crippen molar-refractivity contribution in [1.29, 1.82) is 0 Å². The van der Waals surface area contributed by atoms with Gasteiger partial charge in [-0.05, 0) is 74.3 Å². The molecule has 1 aliphatic rings. The molecule has 4 rings (SSSR count). The van der Waals surface area contributed by atoms with Gasteiger partial charge in [0, 0.05) is 12.4 Å². The molecule has 32 heavy (non-hydrogen) atoms. The minimum Gasteiger partial charge on any atom is -0.488 e. The standard InChI is InChI=1S/C16H16O2.C7H14.C6H7N/c1-12-6-5-7-14(10-12)11-18-16-9-4-3-8-15(16)13(2)17;1-5-4-6(2)7(5)3;1-6-3-2-4-7-5-6/h3-10H,11H2,1-2H3;5-7H,4H2,1-3H3;2-5H,1H3. The van der Waals surface area contributed by atoms with Crippen molar-refractivity contribution in [2.75, 3.05) is 0 Å². The number of aromatic nitrogens is 1. The smallest absolute Gasteiger partial charge is 0.163 e. The molecule has 0 saturated heterocycles. The van der Waals surface area contributed by atoms with Gasteiger partial charge in [0.2, 0.25) is 0 Å². The quantitative estimate of drug-likeness (QED) is 0.402. The third-order valence-corrected chi connectivity index (χ3v) is 6.09. The maximum Gasteiger partial charge on any atom is 0.163 e. The van der Waals surface area contributed by atoms with E-state index in [0.717, 1.165) is 23.3 Å². The number of carbonyl (C=O) groups excluding carboxylic acids is 1. The van der Waals surface area contributed by atoms with Gasteiger partial charge in [-0.25, -0.2) is 0 Å². The average Bonchev–Trinajstić information content (AvgIpc) is 2.79. The van der Waals surface area contributed by atoms with E-state index >= 15 is 0 Å². The SMILES string of the molecule is CC(=O)c1ccccc1OCc1cccc(C)c1.CC1CC(C)C1C.Cc1cccnc1. The number of ketones is 1. The summed E-state index contributed by atoms with van der Waals surface area (Å²) in [5.41, 5.74) is 4.15. The molecule has 2 aromatic carbocycles. The largest absolute Gasteiger partial charge is 0.488 e. The summed E-state index contributed by atoms with van der Waals surface area (Å²) in [7, 11) is 0. The van der Waals surface area contributed by atoms with Crippen LogP contribution in [-0.2, 0) is 6.61 Å². The van der Waals surface area contributed by atoms with Crippen LogP contribution >= 0.6 is 0 Å². The molecule has 0 aliphatic heterocycles. The molecule has 1 aromatic heterocycles. The fraction of sp³-hybridized carbons (Fsp3) is 0.379. The van der Waals surface area contributed by atoms with Crippen LogP contribution in [-0.4, -0.2) is 10.8 Å². The lowest BCUT2D eigenvalue weighted by Gasteiger charge is -2.38. The second kappa shape index (κ2) is 12.8. The average molecular weight is 432 g/mol. The Hall–Kier alpha value is -2.94. The van der Waals surface area contributed by atoms with Crippen LogP contribution in [0.1, 0.15) is 61.2 Å². The molecule has 0 amide bonds. The number of carbonyl (C=O) groups is 1. The summed E-state index contributed by atoms with van der Waals surface area (Å²) < 4.78 is 5.72. The van der Waals surface area contributed by atoms with Gasteiger partial charge < -0.3 is 4.74 Å². The van der Waals surface area contributed by atoms with E-state index in [1.165, 1.54) is 17.5 Å². The van der Waals surface area contributed by atoms with Crippen LogP contribution in [0, 0.1) is 31.6 Å². The minimum absolute atomic E-state index is 0.0230. The Bertz CT molecular complexity index is 960.